The third-order valence-corrected chi connectivity index (χ3v) is 7.55. The molecule has 0 amide bonds. The summed E-state index contributed by atoms with van der Waals surface area (Å²) >= 11 is 0. The second-order valence-corrected chi connectivity index (χ2v) is 14.6. The van der Waals surface area contributed by atoms with Gasteiger partial charge in [0.05, 0.1) is 5.56 Å². The van der Waals surface area contributed by atoms with Gasteiger partial charge in [-0.1, -0.05) is 76.3 Å². The fourth-order valence-electron chi connectivity index (χ4n) is 3.80. The van der Waals surface area contributed by atoms with E-state index < -0.39 is 15.0 Å². The molecule has 0 saturated carbocycles. The van der Waals surface area contributed by atoms with E-state index in [1.54, 1.807) is 13.3 Å². The van der Waals surface area contributed by atoms with Crippen LogP contribution in [0.5, 0.6) is 11.5 Å². The highest BCUT2D eigenvalue weighted by Crippen LogP contribution is 2.53. The van der Waals surface area contributed by atoms with Crippen molar-refractivity contribution in [3.05, 3.63) is 47.5 Å². The summed E-state index contributed by atoms with van der Waals surface area (Å²) in [5.74, 6) is 0.884. The Bertz CT molecular complexity index is 1040. The number of hydrogen-bond acceptors (Lipinski definition) is 5. The fraction of sp³-hybridized carbons (Fsp3) is 0.538. The molecule has 33 heavy (non-hydrogen) atoms. The van der Waals surface area contributed by atoms with Crippen LogP contribution in [0.3, 0.4) is 0 Å². The average molecular weight is 495 g/mol. The van der Waals surface area contributed by atoms with Crippen LogP contribution in [0, 0.1) is 6.92 Å². The molecule has 0 N–H and O–H groups in total. The molecule has 0 aliphatic heterocycles. The van der Waals surface area contributed by atoms with E-state index in [2.05, 4.69) is 20.8 Å². The van der Waals surface area contributed by atoms with E-state index in [-0.39, 0.29) is 5.41 Å². The van der Waals surface area contributed by atoms with E-state index in [1.807, 2.05) is 43.3 Å². The molecule has 0 heterocycles. The van der Waals surface area contributed by atoms with E-state index in [0.29, 0.717) is 17.1 Å². The first kappa shape index (κ1) is 27.7. The molecule has 5 nitrogen and oxygen atoms in total. The summed E-state index contributed by atoms with van der Waals surface area (Å²) in [6, 6.07) is 11.8. The fourth-order valence-corrected chi connectivity index (χ4v) is 4.99. The SMILES string of the molecule is CCCCCCC(C)(C)c1cc(OP(C)(C)=O)c(-c2cccc(C)c2)c(OP(C)(=O)OC)c1. The first-order valence-corrected chi connectivity index (χ1v) is 16.1. The molecule has 2 aromatic rings. The highest BCUT2D eigenvalue weighted by atomic mass is 31.2. The van der Waals surface area contributed by atoms with Crippen molar-refractivity contribution in [1.82, 2.24) is 0 Å². The average Bonchev–Trinajstić information content (AvgIpc) is 2.69. The number of benzene rings is 2. The van der Waals surface area contributed by atoms with Gasteiger partial charge in [-0.15, -0.1) is 0 Å². The molecule has 2 aromatic carbocycles. The van der Waals surface area contributed by atoms with Gasteiger partial charge in [0.2, 0.25) is 7.37 Å². The van der Waals surface area contributed by atoms with Gasteiger partial charge in [-0.05, 0) is 42.0 Å². The third-order valence-electron chi connectivity index (χ3n) is 5.72. The number of hydrogen-bond donors (Lipinski definition) is 0. The van der Waals surface area contributed by atoms with Gasteiger partial charge in [0, 0.05) is 27.1 Å². The second-order valence-electron chi connectivity index (χ2n) is 9.80. The predicted molar refractivity (Wildman–Crippen MR) is 140 cm³/mol. The van der Waals surface area contributed by atoms with Crippen LogP contribution in [0.15, 0.2) is 36.4 Å². The van der Waals surface area contributed by atoms with E-state index >= 15 is 0 Å². The Balaban J connectivity index is 2.72. The molecule has 0 spiro atoms. The van der Waals surface area contributed by atoms with Crippen molar-refractivity contribution in [3.63, 3.8) is 0 Å². The molecular formula is C26H40O5P2. The maximum absolute atomic E-state index is 12.9. The Labute approximate surface area is 200 Å². The first-order chi connectivity index (χ1) is 15.3. The van der Waals surface area contributed by atoms with Crippen LogP contribution in [0.4, 0.5) is 0 Å². The molecule has 184 valence electrons. The third kappa shape index (κ3) is 8.32. The van der Waals surface area contributed by atoms with Crippen molar-refractivity contribution >= 4 is 15.0 Å². The lowest BCUT2D eigenvalue weighted by Crippen LogP contribution is -2.17. The molecule has 0 fully saturated rings. The maximum Gasteiger partial charge on any atom is 0.375 e. The zero-order valence-corrected chi connectivity index (χ0v) is 23.2. The van der Waals surface area contributed by atoms with Gasteiger partial charge in [0.15, 0.2) is 0 Å². The van der Waals surface area contributed by atoms with Crippen LogP contribution in [0.25, 0.3) is 11.1 Å². The molecule has 1 atom stereocenters. The summed E-state index contributed by atoms with van der Waals surface area (Å²) in [6.07, 6.45) is 5.68. The van der Waals surface area contributed by atoms with Crippen molar-refractivity contribution in [2.24, 2.45) is 0 Å². The Hall–Kier alpha value is -1.54. The van der Waals surface area contributed by atoms with Gasteiger partial charge in [0.25, 0.3) is 0 Å². The van der Waals surface area contributed by atoms with Gasteiger partial charge < -0.3 is 13.6 Å². The van der Waals surface area contributed by atoms with E-state index in [9.17, 15) is 9.13 Å². The van der Waals surface area contributed by atoms with Gasteiger partial charge in [-0.3, -0.25) is 4.57 Å². The van der Waals surface area contributed by atoms with Crippen LogP contribution in [-0.4, -0.2) is 27.1 Å². The Morgan fingerprint density at radius 3 is 2.09 bits per heavy atom. The Morgan fingerprint density at radius 1 is 0.909 bits per heavy atom. The first-order valence-electron chi connectivity index (χ1n) is 11.6. The lowest BCUT2D eigenvalue weighted by atomic mass is 9.79. The van der Waals surface area contributed by atoms with Crippen LogP contribution in [0.1, 0.15) is 64.0 Å². The lowest BCUT2D eigenvalue weighted by molar-refractivity contribution is 0.328. The topological polar surface area (TPSA) is 61.8 Å². The molecule has 0 radical (unpaired) electrons. The van der Waals surface area contributed by atoms with E-state index in [1.165, 1.54) is 33.0 Å². The molecule has 2 rings (SSSR count). The van der Waals surface area contributed by atoms with Crippen molar-refractivity contribution in [1.29, 1.82) is 0 Å². The Kier molecular flexibility index (Phi) is 9.45. The van der Waals surface area contributed by atoms with Crippen molar-refractivity contribution in [2.75, 3.05) is 27.1 Å². The van der Waals surface area contributed by atoms with Crippen LogP contribution >= 0.6 is 15.0 Å². The van der Waals surface area contributed by atoms with Crippen LogP contribution in [-0.2, 0) is 19.1 Å². The summed E-state index contributed by atoms with van der Waals surface area (Å²) in [5.41, 5.74) is 3.35. The quantitative estimate of drug-likeness (QED) is 0.218. The maximum atomic E-state index is 12.9. The molecule has 0 aromatic heterocycles. The highest BCUT2D eigenvalue weighted by Gasteiger charge is 2.29. The largest absolute Gasteiger partial charge is 0.442 e. The summed E-state index contributed by atoms with van der Waals surface area (Å²) in [4.78, 5) is 0. The number of unbranched alkanes of at least 4 members (excludes halogenated alkanes) is 3. The second kappa shape index (κ2) is 11.3. The predicted octanol–water partition coefficient (Wildman–Crippen LogP) is 8.67. The zero-order chi connectivity index (χ0) is 24.9. The molecule has 0 aliphatic rings. The number of aryl methyl sites for hydroxylation is 1. The minimum absolute atomic E-state index is 0.175. The Morgan fingerprint density at radius 2 is 1.55 bits per heavy atom. The van der Waals surface area contributed by atoms with Crippen molar-refractivity contribution < 1.29 is 22.7 Å². The lowest BCUT2D eigenvalue weighted by Gasteiger charge is -2.29. The zero-order valence-electron chi connectivity index (χ0n) is 21.4. The normalized spacial score (nSPS) is 14.1. The molecule has 0 saturated heterocycles. The molecule has 0 bridgehead atoms. The van der Waals surface area contributed by atoms with E-state index in [0.717, 1.165) is 29.5 Å². The van der Waals surface area contributed by atoms with E-state index in [4.69, 9.17) is 13.6 Å². The molecule has 7 heteroatoms. The smallest absolute Gasteiger partial charge is 0.375 e. The minimum Gasteiger partial charge on any atom is -0.442 e. The summed E-state index contributed by atoms with van der Waals surface area (Å²) in [5, 5.41) is 0. The van der Waals surface area contributed by atoms with Crippen molar-refractivity contribution in [3.8, 4) is 22.6 Å². The summed E-state index contributed by atoms with van der Waals surface area (Å²) < 4.78 is 42.8. The number of rotatable bonds is 12. The van der Waals surface area contributed by atoms with Gasteiger partial charge in [-0.25, -0.2) is 4.57 Å². The van der Waals surface area contributed by atoms with Gasteiger partial charge >= 0.3 is 7.60 Å². The standard InChI is InChI=1S/C26H40O5P2/c1-9-10-11-12-16-26(3,4)22-18-23(30-32(6,7)27)25(21-15-13-14-20(2)17-21)24(19-22)31-33(8,28)29-5/h13-15,17-19H,9-12,16H2,1-8H3. The monoisotopic (exact) mass is 494 g/mol. The summed E-state index contributed by atoms with van der Waals surface area (Å²) in [6.45, 7) is 13.2. The van der Waals surface area contributed by atoms with Crippen LogP contribution in [0.2, 0.25) is 0 Å². The minimum atomic E-state index is -3.35. The summed E-state index contributed by atoms with van der Waals surface area (Å²) in [7, 11) is -4.86. The molecule has 0 aliphatic carbocycles. The molecular weight excluding hydrogens is 454 g/mol. The van der Waals surface area contributed by atoms with Crippen molar-refractivity contribution in [2.45, 2.75) is 65.2 Å². The van der Waals surface area contributed by atoms with Crippen LogP contribution < -0.4 is 9.05 Å². The highest BCUT2D eigenvalue weighted by molar-refractivity contribution is 7.57. The molecule has 1 unspecified atom stereocenters. The van der Waals surface area contributed by atoms with Gasteiger partial charge in [-0.2, -0.15) is 0 Å². The van der Waals surface area contributed by atoms with Gasteiger partial charge in [0.1, 0.15) is 11.5 Å².